The highest BCUT2D eigenvalue weighted by Gasteiger charge is 2.22. The van der Waals surface area contributed by atoms with Gasteiger partial charge in [0.1, 0.15) is 12.8 Å². The van der Waals surface area contributed by atoms with Crippen molar-refractivity contribution >= 4 is 17.4 Å². The van der Waals surface area contributed by atoms with Gasteiger partial charge >= 0.3 is 0 Å². The van der Waals surface area contributed by atoms with Gasteiger partial charge in [0.15, 0.2) is 0 Å². The molecule has 2 rings (SSSR count). The fourth-order valence-corrected chi connectivity index (χ4v) is 2.04. The second kappa shape index (κ2) is 4.88. The highest BCUT2D eigenvalue weighted by atomic mass is 32.2. The van der Waals surface area contributed by atoms with Crippen LogP contribution < -0.4 is 4.90 Å². The quantitative estimate of drug-likeness (QED) is 0.791. The summed E-state index contributed by atoms with van der Waals surface area (Å²) in [6, 6.07) is 8.39. The van der Waals surface area contributed by atoms with Crippen LogP contribution >= 0.6 is 11.8 Å². The number of thioether (sulfide) groups is 1. The number of ether oxygens (including phenoxy) is 1. The summed E-state index contributed by atoms with van der Waals surface area (Å²) in [5, 5.41) is 8.96. The molecule has 1 fully saturated rings. The molecule has 1 N–H and O–H groups in total. The Balaban J connectivity index is 2.04. The third kappa shape index (κ3) is 2.45. The Morgan fingerprint density at radius 3 is 2.73 bits per heavy atom. The van der Waals surface area contributed by atoms with E-state index in [2.05, 4.69) is 35.4 Å². The van der Waals surface area contributed by atoms with E-state index in [-0.39, 0.29) is 12.7 Å². The highest BCUT2D eigenvalue weighted by Crippen LogP contribution is 2.23. The molecule has 82 valence electrons. The molecule has 1 aliphatic heterocycles. The van der Waals surface area contributed by atoms with Crippen molar-refractivity contribution in [2.75, 3.05) is 31.0 Å². The smallest absolute Gasteiger partial charge is 0.119 e. The molecule has 0 aliphatic carbocycles. The first kappa shape index (κ1) is 10.8. The van der Waals surface area contributed by atoms with Crippen molar-refractivity contribution in [1.29, 1.82) is 0 Å². The molecule has 0 amide bonds. The lowest BCUT2D eigenvalue weighted by Crippen LogP contribution is -2.22. The van der Waals surface area contributed by atoms with Gasteiger partial charge in [-0.05, 0) is 30.5 Å². The van der Waals surface area contributed by atoms with Crippen molar-refractivity contribution in [3.8, 4) is 0 Å². The second-order valence-electron chi connectivity index (χ2n) is 3.52. The van der Waals surface area contributed by atoms with Crippen LogP contribution in [0.2, 0.25) is 0 Å². The van der Waals surface area contributed by atoms with E-state index in [1.165, 1.54) is 4.90 Å². The molecule has 3 nitrogen and oxygen atoms in total. The first-order valence-corrected chi connectivity index (χ1v) is 6.17. The number of anilines is 1. The Morgan fingerprint density at radius 1 is 1.47 bits per heavy atom. The van der Waals surface area contributed by atoms with E-state index in [1.54, 1.807) is 11.8 Å². The molecule has 1 aromatic rings. The van der Waals surface area contributed by atoms with Gasteiger partial charge in [0.25, 0.3) is 0 Å². The Hall–Kier alpha value is -0.710. The first-order valence-electron chi connectivity index (χ1n) is 4.95. The molecule has 15 heavy (non-hydrogen) atoms. The van der Waals surface area contributed by atoms with E-state index in [1.807, 2.05) is 0 Å². The molecule has 0 radical (unpaired) electrons. The lowest BCUT2D eigenvalue weighted by Gasteiger charge is -2.16. The normalized spacial score (nSPS) is 20.9. The van der Waals surface area contributed by atoms with E-state index in [4.69, 9.17) is 9.84 Å². The van der Waals surface area contributed by atoms with Gasteiger partial charge in [0.2, 0.25) is 0 Å². The van der Waals surface area contributed by atoms with E-state index in [0.29, 0.717) is 6.73 Å². The minimum Gasteiger partial charge on any atom is -0.394 e. The molecule has 1 aliphatic rings. The van der Waals surface area contributed by atoms with Crippen LogP contribution in [-0.4, -0.2) is 37.3 Å². The fraction of sp³-hybridized carbons (Fsp3) is 0.455. The number of hydrogen-bond donors (Lipinski definition) is 1. The first-order chi connectivity index (χ1) is 7.33. The Labute approximate surface area is 94.0 Å². The zero-order valence-electron chi connectivity index (χ0n) is 8.72. The molecule has 0 spiro atoms. The maximum absolute atomic E-state index is 8.96. The molecule has 0 aromatic heterocycles. The van der Waals surface area contributed by atoms with Gasteiger partial charge in [0.05, 0.1) is 6.61 Å². The summed E-state index contributed by atoms with van der Waals surface area (Å²) in [4.78, 5) is 3.39. The van der Waals surface area contributed by atoms with Crippen molar-refractivity contribution in [2.45, 2.75) is 11.0 Å². The van der Waals surface area contributed by atoms with Crippen molar-refractivity contribution in [3.63, 3.8) is 0 Å². The number of aliphatic hydroxyl groups excluding tert-OH is 1. The number of aliphatic hydroxyl groups is 1. The van der Waals surface area contributed by atoms with Crippen molar-refractivity contribution in [3.05, 3.63) is 24.3 Å². The zero-order chi connectivity index (χ0) is 10.7. The summed E-state index contributed by atoms with van der Waals surface area (Å²) >= 11 is 1.74. The van der Waals surface area contributed by atoms with Crippen LogP contribution in [0, 0.1) is 0 Å². The number of benzene rings is 1. The summed E-state index contributed by atoms with van der Waals surface area (Å²) in [7, 11) is 0. The Morgan fingerprint density at radius 2 is 2.20 bits per heavy atom. The molecule has 1 saturated heterocycles. The molecule has 1 heterocycles. The topological polar surface area (TPSA) is 32.7 Å². The molecule has 0 bridgehead atoms. The van der Waals surface area contributed by atoms with Crippen LogP contribution in [0.1, 0.15) is 0 Å². The summed E-state index contributed by atoms with van der Waals surface area (Å²) in [5.41, 5.74) is 1.16. The van der Waals surface area contributed by atoms with Crippen LogP contribution in [0.5, 0.6) is 0 Å². The SMILES string of the molecule is CSc1ccc(N2CO[C@@H](CO)C2)cc1. The van der Waals surface area contributed by atoms with Gasteiger partial charge in [0, 0.05) is 17.1 Å². The highest BCUT2D eigenvalue weighted by molar-refractivity contribution is 7.98. The zero-order valence-corrected chi connectivity index (χ0v) is 9.54. The maximum atomic E-state index is 8.96. The largest absolute Gasteiger partial charge is 0.394 e. The van der Waals surface area contributed by atoms with Crippen LogP contribution in [0.15, 0.2) is 29.2 Å². The molecule has 1 atom stereocenters. The standard InChI is InChI=1S/C11H15NO2S/c1-15-11-4-2-9(3-5-11)12-6-10(7-13)14-8-12/h2-5,10,13H,6-8H2,1H3/t10-/m1/s1. The molecular formula is C11H15NO2S. The average Bonchev–Trinajstić information content (AvgIpc) is 2.78. The monoisotopic (exact) mass is 225 g/mol. The van der Waals surface area contributed by atoms with Crippen molar-refractivity contribution in [1.82, 2.24) is 0 Å². The van der Waals surface area contributed by atoms with Gasteiger partial charge in [-0.1, -0.05) is 0 Å². The van der Waals surface area contributed by atoms with Gasteiger partial charge in [-0.2, -0.15) is 0 Å². The third-order valence-electron chi connectivity index (χ3n) is 2.53. The minimum atomic E-state index is -0.0368. The van der Waals surface area contributed by atoms with Crippen LogP contribution in [0.3, 0.4) is 0 Å². The summed E-state index contributed by atoms with van der Waals surface area (Å²) in [5.74, 6) is 0. The van der Waals surface area contributed by atoms with Gasteiger partial charge in [-0.3, -0.25) is 0 Å². The lowest BCUT2D eigenvalue weighted by molar-refractivity contribution is 0.0645. The average molecular weight is 225 g/mol. The van der Waals surface area contributed by atoms with Crippen molar-refractivity contribution < 1.29 is 9.84 Å². The van der Waals surface area contributed by atoms with E-state index in [0.717, 1.165) is 12.2 Å². The summed E-state index contributed by atoms with van der Waals surface area (Å²) in [6.45, 7) is 1.44. The maximum Gasteiger partial charge on any atom is 0.119 e. The lowest BCUT2D eigenvalue weighted by atomic mass is 10.3. The summed E-state index contributed by atoms with van der Waals surface area (Å²) < 4.78 is 5.40. The fourth-order valence-electron chi connectivity index (χ4n) is 1.63. The van der Waals surface area contributed by atoms with Crippen LogP contribution in [0.4, 0.5) is 5.69 Å². The van der Waals surface area contributed by atoms with Crippen LogP contribution in [0.25, 0.3) is 0 Å². The number of nitrogens with zero attached hydrogens (tertiary/aromatic N) is 1. The van der Waals surface area contributed by atoms with Gasteiger partial charge in [-0.25, -0.2) is 0 Å². The predicted octanol–water partition coefficient (Wildman–Crippen LogP) is 1.56. The van der Waals surface area contributed by atoms with Gasteiger partial charge < -0.3 is 14.7 Å². The molecular weight excluding hydrogens is 210 g/mol. The summed E-state index contributed by atoms with van der Waals surface area (Å²) in [6.07, 6.45) is 2.03. The van der Waals surface area contributed by atoms with E-state index in [9.17, 15) is 0 Å². The number of rotatable bonds is 3. The molecule has 4 heteroatoms. The number of hydrogen-bond acceptors (Lipinski definition) is 4. The third-order valence-corrected chi connectivity index (χ3v) is 3.27. The minimum absolute atomic E-state index is 0.0368. The predicted molar refractivity (Wildman–Crippen MR) is 62.4 cm³/mol. The van der Waals surface area contributed by atoms with Gasteiger partial charge in [-0.15, -0.1) is 11.8 Å². The molecule has 1 aromatic carbocycles. The Kier molecular flexibility index (Phi) is 3.51. The van der Waals surface area contributed by atoms with E-state index >= 15 is 0 Å². The van der Waals surface area contributed by atoms with Crippen LogP contribution in [-0.2, 0) is 4.74 Å². The van der Waals surface area contributed by atoms with E-state index < -0.39 is 0 Å². The Bertz CT molecular complexity index is 315. The van der Waals surface area contributed by atoms with Crippen molar-refractivity contribution in [2.24, 2.45) is 0 Å². The second-order valence-corrected chi connectivity index (χ2v) is 4.40. The molecule has 0 unspecified atom stereocenters. The molecule has 0 saturated carbocycles.